The topological polar surface area (TPSA) is 74.4 Å². The van der Waals surface area contributed by atoms with Crippen LogP contribution in [0.2, 0.25) is 0 Å². The molecule has 1 aliphatic rings. The lowest BCUT2D eigenvalue weighted by atomic mass is 10.0. The molecule has 1 aromatic carbocycles. The third-order valence-corrected chi connectivity index (χ3v) is 4.15. The summed E-state index contributed by atoms with van der Waals surface area (Å²) in [6.45, 7) is 4.73. The first kappa shape index (κ1) is 16.3. The summed E-state index contributed by atoms with van der Waals surface area (Å²) in [5, 5.41) is 8.72. The van der Waals surface area contributed by atoms with Crippen molar-refractivity contribution in [3.63, 3.8) is 0 Å². The minimum atomic E-state index is -0.00311. The number of nitrogens with zero attached hydrogens (tertiary/aromatic N) is 5. The van der Waals surface area contributed by atoms with Gasteiger partial charge in [0.25, 0.3) is 0 Å². The van der Waals surface area contributed by atoms with Crippen molar-refractivity contribution >= 4 is 5.71 Å². The molecule has 0 bridgehead atoms. The van der Waals surface area contributed by atoms with E-state index in [4.69, 9.17) is 9.57 Å². The molecule has 0 saturated carbocycles. The largest absolute Gasteiger partial charge is 0.424 e. The lowest BCUT2D eigenvalue weighted by molar-refractivity contribution is 0.0692. The van der Waals surface area contributed by atoms with Crippen molar-refractivity contribution in [2.24, 2.45) is 5.16 Å². The van der Waals surface area contributed by atoms with Crippen LogP contribution in [0.1, 0.15) is 23.4 Å². The first-order valence-corrected chi connectivity index (χ1v) is 8.46. The number of aryl methyl sites for hydroxylation is 2. The van der Waals surface area contributed by atoms with Crippen molar-refractivity contribution in [1.82, 2.24) is 19.7 Å². The monoisotopic (exact) mass is 349 g/mol. The fourth-order valence-corrected chi connectivity index (χ4v) is 2.91. The molecule has 1 atom stereocenters. The number of aromatic nitrogens is 4. The Morgan fingerprint density at radius 2 is 1.92 bits per heavy atom. The average molecular weight is 349 g/mol. The SMILES string of the molecule is Cc1cc(C)n(C[C@@H]2CC(c3ccc(Oc4ncccn4)cc3)=NO2)n1. The molecule has 26 heavy (non-hydrogen) atoms. The van der Waals surface area contributed by atoms with E-state index in [2.05, 4.69) is 26.3 Å². The zero-order valence-corrected chi connectivity index (χ0v) is 14.7. The molecule has 0 spiro atoms. The Morgan fingerprint density at radius 3 is 2.62 bits per heavy atom. The van der Waals surface area contributed by atoms with Gasteiger partial charge in [-0.2, -0.15) is 5.10 Å². The third kappa shape index (κ3) is 3.56. The molecule has 3 heterocycles. The predicted octanol–water partition coefficient (Wildman–Crippen LogP) is 3.28. The van der Waals surface area contributed by atoms with Crippen LogP contribution < -0.4 is 4.74 Å². The number of rotatable bonds is 5. The summed E-state index contributed by atoms with van der Waals surface area (Å²) in [5.74, 6) is 0.679. The van der Waals surface area contributed by atoms with E-state index in [0.29, 0.717) is 18.3 Å². The zero-order chi connectivity index (χ0) is 17.9. The smallest absolute Gasteiger partial charge is 0.321 e. The van der Waals surface area contributed by atoms with Gasteiger partial charge in [0.1, 0.15) is 5.75 Å². The molecule has 7 nitrogen and oxygen atoms in total. The van der Waals surface area contributed by atoms with Crippen LogP contribution in [0.15, 0.2) is 53.9 Å². The van der Waals surface area contributed by atoms with Gasteiger partial charge in [-0.25, -0.2) is 9.97 Å². The van der Waals surface area contributed by atoms with Gasteiger partial charge in [-0.3, -0.25) is 4.68 Å². The highest BCUT2D eigenvalue weighted by Gasteiger charge is 2.23. The molecule has 0 N–H and O–H groups in total. The van der Waals surface area contributed by atoms with Crippen molar-refractivity contribution in [2.75, 3.05) is 0 Å². The molecule has 2 aromatic heterocycles. The zero-order valence-electron chi connectivity index (χ0n) is 14.7. The van der Waals surface area contributed by atoms with Gasteiger partial charge in [-0.15, -0.1) is 0 Å². The maximum Gasteiger partial charge on any atom is 0.321 e. The van der Waals surface area contributed by atoms with Gasteiger partial charge in [0.2, 0.25) is 0 Å². The molecule has 0 fully saturated rings. The Kier molecular flexibility index (Phi) is 4.35. The summed E-state index contributed by atoms with van der Waals surface area (Å²) in [6.07, 6.45) is 4.03. The second-order valence-electron chi connectivity index (χ2n) is 6.24. The van der Waals surface area contributed by atoms with Crippen LogP contribution in [0.3, 0.4) is 0 Å². The lowest BCUT2D eigenvalue weighted by Gasteiger charge is -2.09. The molecular formula is C19H19N5O2. The Morgan fingerprint density at radius 1 is 1.15 bits per heavy atom. The molecule has 0 saturated heterocycles. The fourth-order valence-electron chi connectivity index (χ4n) is 2.91. The summed E-state index contributed by atoms with van der Waals surface area (Å²) in [5.41, 5.74) is 4.09. The van der Waals surface area contributed by atoms with Crippen LogP contribution in [-0.4, -0.2) is 31.6 Å². The molecule has 0 aliphatic carbocycles. The summed E-state index contributed by atoms with van der Waals surface area (Å²) in [6, 6.07) is 11.8. The standard InChI is InChI=1S/C19H19N5O2/c1-13-10-14(2)24(22-13)12-17-11-18(23-26-17)15-4-6-16(7-5-15)25-19-20-8-3-9-21-19/h3-10,17H,11-12H2,1-2H3/t17-/m0/s1. The first-order chi connectivity index (χ1) is 12.7. The predicted molar refractivity (Wildman–Crippen MR) is 96.3 cm³/mol. The summed E-state index contributed by atoms with van der Waals surface area (Å²) < 4.78 is 7.57. The van der Waals surface area contributed by atoms with Crippen LogP contribution in [0.4, 0.5) is 0 Å². The minimum absolute atomic E-state index is 0.00311. The highest BCUT2D eigenvalue weighted by Crippen LogP contribution is 2.22. The van der Waals surface area contributed by atoms with E-state index in [1.807, 2.05) is 42.8 Å². The van der Waals surface area contributed by atoms with Gasteiger partial charge in [0.15, 0.2) is 6.10 Å². The fraction of sp³-hybridized carbons (Fsp3) is 0.263. The van der Waals surface area contributed by atoms with Gasteiger partial charge < -0.3 is 9.57 Å². The quantitative estimate of drug-likeness (QED) is 0.707. The second kappa shape index (κ2) is 6.95. The van der Waals surface area contributed by atoms with Crippen LogP contribution in [0, 0.1) is 13.8 Å². The molecule has 7 heteroatoms. The molecule has 1 aliphatic heterocycles. The third-order valence-electron chi connectivity index (χ3n) is 4.15. The maximum absolute atomic E-state index is 5.61. The highest BCUT2D eigenvalue weighted by atomic mass is 16.6. The molecule has 3 aromatic rings. The Balaban J connectivity index is 1.38. The van der Waals surface area contributed by atoms with E-state index in [1.165, 1.54) is 0 Å². The van der Waals surface area contributed by atoms with E-state index in [1.54, 1.807) is 18.5 Å². The molecular weight excluding hydrogens is 330 g/mol. The second-order valence-corrected chi connectivity index (χ2v) is 6.24. The Hall–Kier alpha value is -3.22. The molecule has 0 unspecified atom stereocenters. The van der Waals surface area contributed by atoms with Crippen LogP contribution in [0.25, 0.3) is 0 Å². The molecule has 132 valence electrons. The van der Waals surface area contributed by atoms with E-state index in [-0.39, 0.29) is 6.10 Å². The van der Waals surface area contributed by atoms with Crippen molar-refractivity contribution in [2.45, 2.75) is 32.9 Å². The Labute approximate surface area is 151 Å². The van der Waals surface area contributed by atoms with E-state index >= 15 is 0 Å². The lowest BCUT2D eigenvalue weighted by Crippen LogP contribution is -2.18. The summed E-state index contributed by atoms with van der Waals surface area (Å²) >= 11 is 0. The van der Waals surface area contributed by atoms with Gasteiger partial charge in [0.05, 0.1) is 18.0 Å². The van der Waals surface area contributed by atoms with Gasteiger partial charge in [0, 0.05) is 24.5 Å². The average Bonchev–Trinajstić information content (AvgIpc) is 3.23. The number of hydrogen-bond donors (Lipinski definition) is 0. The highest BCUT2D eigenvalue weighted by molar-refractivity contribution is 6.01. The van der Waals surface area contributed by atoms with Crippen LogP contribution in [0.5, 0.6) is 11.8 Å². The van der Waals surface area contributed by atoms with Crippen LogP contribution in [-0.2, 0) is 11.4 Å². The summed E-state index contributed by atoms with van der Waals surface area (Å²) in [7, 11) is 0. The van der Waals surface area contributed by atoms with Crippen molar-refractivity contribution in [3.8, 4) is 11.8 Å². The number of benzene rings is 1. The number of oxime groups is 1. The van der Waals surface area contributed by atoms with Gasteiger partial charge in [-0.1, -0.05) is 5.16 Å². The Bertz CT molecular complexity index is 919. The minimum Gasteiger partial charge on any atom is -0.424 e. The van der Waals surface area contributed by atoms with E-state index < -0.39 is 0 Å². The van der Waals surface area contributed by atoms with Crippen molar-refractivity contribution in [3.05, 3.63) is 65.7 Å². The number of hydrogen-bond acceptors (Lipinski definition) is 6. The normalized spacial score (nSPS) is 16.2. The summed E-state index contributed by atoms with van der Waals surface area (Å²) in [4.78, 5) is 13.7. The van der Waals surface area contributed by atoms with Crippen molar-refractivity contribution < 1.29 is 9.57 Å². The maximum atomic E-state index is 5.61. The number of ether oxygens (including phenoxy) is 1. The van der Waals surface area contributed by atoms with Gasteiger partial charge in [-0.05, 0) is 55.8 Å². The molecule has 0 amide bonds. The van der Waals surface area contributed by atoms with Crippen molar-refractivity contribution in [1.29, 1.82) is 0 Å². The molecule has 0 radical (unpaired) electrons. The molecule has 4 rings (SSSR count). The van der Waals surface area contributed by atoms with Crippen LogP contribution >= 0.6 is 0 Å². The first-order valence-electron chi connectivity index (χ1n) is 8.46. The van der Waals surface area contributed by atoms with E-state index in [0.717, 1.165) is 29.1 Å². The van der Waals surface area contributed by atoms with E-state index in [9.17, 15) is 0 Å². The van der Waals surface area contributed by atoms with Gasteiger partial charge >= 0.3 is 6.01 Å².